The van der Waals surface area contributed by atoms with Gasteiger partial charge in [-0.3, -0.25) is 0 Å². The van der Waals surface area contributed by atoms with Crippen molar-refractivity contribution in [3.63, 3.8) is 0 Å². The molecule has 1 heterocycles. The van der Waals surface area contributed by atoms with E-state index in [0.29, 0.717) is 11.3 Å². The van der Waals surface area contributed by atoms with Crippen LogP contribution in [0.5, 0.6) is 0 Å². The van der Waals surface area contributed by atoms with Crippen molar-refractivity contribution >= 4 is 32.4 Å². The second-order valence-corrected chi connectivity index (χ2v) is 10.8. The van der Waals surface area contributed by atoms with Crippen LogP contribution in [0.4, 0.5) is 0 Å². The number of hydrogen-bond acceptors (Lipinski definition) is 3. The first-order chi connectivity index (χ1) is 12.8. The Bertz CT molecular complexity index is 892. The van der Waals surface area contributed by atoms with Crippen LogP contribution in [-0.4, -0.2) is 25.4 Å². The van der Waals surface area contributed by atoms with Crippen molar-refractivity contribution in [1.29, 1.82) is 0 Å². The molecule has 0 saturated heterocycles. The van der Waals surface area contributed by atoms with Crippen LogP contribution >= 0.6 is 22.6 Å². The standard InChI is InChI=1S/C22H27IO3S/c1-3-5-14-22(4-2)15-27(25,26)19-9-7-6-8-18(19)20(21(22)24)16-10-12-17(23)13-11-16/h6-13,20-21,24H,3-5,14-15H2,1-2H3/t20-,21-,22-/m1/s1. The Morgan fingerprint density at radius 2 is 1.78 bits per heavy atom. The van der Waals surface area contributed by atoms with Gasteiger partial charge >= 0.3 is 0 Å². The number of aliphatic hydroxyl groups is 1. The van der Waals surface area contributed by atoms with E-state index in [1.807, 2.05) is 43.3 Å². The van der Waals surface area contributed by atoms with Crippen molar-refractivity contribution < 1.29 is 13.5 Å². The number of unbranched alkanes of at least 4 members (excludes halogenated alkanes) is 1. The van der Waals surface area contributed by atoms with Gasteiger partial charge in [-0.25, -0.2) is 8.42 Å². The molecule has 0 fully saturated rings. The number of rotatable bonds is 5. The number of benzene rings is 2. The van der Waals surface area contributed by atoms with Crippen molar-refractivity contribution in [2.24, 2.45) is 5.41 Å². The molecule has 1 aliphatic rings. The minimum Gasteiger partial charge on any atom is -0.392 e. The van der Waals surface area contributed by atoms with Gasteiger partial charge in [0, 0.05) is 14.9 Å². The quantitative estimate of drug-likeness (QED) is 0.580. The number of fused-ring (bicyclic) bond motifs is 1. The highest BCUT2D eigenvalue weighted by molar-refractivity contribution is 14.1. The SMILES string of the molecule is CCCC[C@]1(CC)CS(=O)(=O)c2ccccc2[C@@H](c2ccc(I)cc2)[C@H]1O. The van der Waals surface area contributed by atoms with E-state index in [2.05, 4.69) is 29.5 Å². The summed E-state index contributed by atoms with van der Waals surface area (Å²) in [6.45, 7) is 4.11. The Hall–Kier alpha value is -0.920. The van der Waals surface area contributed by atoms with Crippen LogP contribution in [-0.2, 0) is 9.84 Å². The van der Waals surface area contributed by atoms with E-state index in [1.54, 1.807) is 12.1 Å². The molecule has 1 aliphatic heterocycles. The molecule has 0 radical (unpaired) electrons. The molecule has 3 nitrogen and oxygen atoms in total. The fourth-order valence-electron chi connectivity index (χ4n) is 4.35. The molecule has 0 unspecified atom stereocenters. The summed E-state index contributed by atoms with van der Waals surface area (Å²) in [6, 6.07) is 15.3. The average molecular weight is 498 g/mol. The van der Waals surface area contributed by atoms with E-state index < -0.39 is 21.4 Å². The van der Waals surface area contributed by atoms with E-state index >= 15 is 0 Å². The molecule has 3 atom stereocenters. The molecular formula is C22H27IO3S. The Morgan fingerprint density at radius 1 is 1.11 bits per heavy atom. The molecule has 2 aromatic carbocycles. The van der Waals surface area contributed by atoms with Crippen LogP contribution in [0, 0.1) is 8.99 Å². The van der Waals surface area contributed by atoms with Crippen LogP contribution in [0.15, 0.2) is 53.4 Å². The molecule has 3 rings (SSSR count). The normalized spacial score (nSPS) is 27.0. The second kappa shape index (κ2) is 8.21. The Labute approximate surface area is 176 Å². The summed E-state index contributed by atoms with van der Waals surface area (Å²) in [5.74, 6) is -0.331. The minimum absolute atomic E-state index is 0.00947. The number of aliphatic hydroxyl groups excluding tert-OH is 1. The van der Waals surface area contributed by atoms with Crippen LogP contribution in [0.3, 0.4) is 0 Å². The predicted octanol–water partition coefficient (Wildman–Crippen LogP) is 5.16. The molecule has 0 aliphatic carbocycles. The highest BCUT2D eigenvalue weighted by Crippen LogP contribution is 2.48. The Kier molecular flexibility index (Phi) is 6.33. The fourth-order valence-corrected chi connectivity index (χ4v) is 6.99. The third-order valence-corrected chi connectivity index (χ3v) is 8.69. The summed E-state index contributed by atoms with van der Waals surface area (Å²) in [5.41, 5.74) is 1.06. The van der Waals surface area contributed by atoms with Crippen LogP contribution in [0.1, 0.15) is 56.6 Å². The maximum Gasteiger partial charge on any atom is 0.179 e. The predicted molar refractivity (Wildman–Crippen MR) is 118 cm³/mol. The molecule has 1 N–H and O–H groups in total. The highest BCUT2D eigenvalue weighted by Gasteiger charge is 2.48. The van der Waals surface area contributed by atoms with Gasteiger partial charge in [0.15, 0.2) is 9.84 Å². The third kappa shape index (κ3) is 3.96. The number of sulfone groups is 1. The average Bonchev–Trinajstić information content (AvgIpc) is 2.73. The summed E-state index contributed by atoms with van der Waals surface area (Å²) in [7, 11) is -3.47. The first kappa shape index (κ1) is 20.8. The maximum atomic E-state index is 13.3. The zero-order chi connectivity index (χ0) is 19.7. The molecule has 0 bridgehead atoms. The lowest BCUT2D eigenvalue weighted by molar-refractivity contribution is 0.0174. The van der Waals surface area contributed by atoms with E-state index in [-0.39, 0.29) is 11.7 Å². The van der Waals surface area contributed by atoms with Crippen LogP contribution < -0.4 is 0 Å². The van der Waals surface area contributed by atoms with Gasteiger partial charge in [-0.1, -0.05) is 57.0 Å². The molecule has 0 aromatic heterocycles. The minimum atomic E-state index is -3.47. The Balaban J connectivity index is 2.25. The monoisotopic (exact) mass is 498 g/mol. The van der Waals surface area contributed by atoms with Gasteiger partial charge < -0.3 is 5.11 Å². The topological polar surface area (TPSA) is 54.4 Å². The van der Waals surface area contributed by atoms with Crippen molar-refractivity contribution in [3.8, 4) is 0 Å². The molecule has 27 heavy (non-hydrogen) atoms. The fraction of sp³-hybridized carbons (Fsp3) is 0.455. The number of halogens is 1. The maximum absolute atomic E-state index is 13.3. The number of hydrogen-bond donors (Lipinski definition) is 1. The van der Waals surface area contributed by atoms with E-state index in [0.717, 1.165) is 34.0 Å². The summed E-state index contributed by atoms with van der Waals surface area (Å²) in [5, 5.41) is 11.6. The molecule has 146 valence electrons. The van der Waals surface area contributed by atoms with E-state index in [9.17, 15) is 13.5 Å². The highest BCUT2D eigenvalue weighted by atomic mass is 127. The van der Waals surface area contributed by atoms with Gasteiger partial charge in [0.2, 0.25) is 0 Å². The summed E-state index contributed by atoms with van der Waals surface area (Å²) < 4.78 is 27.7. The van der Waals surface area contributed by atoms with E-state index in [4.69, 9.17) is 0 Å². The van der Waals surface area contributed by atoms with Gasteiger partial charge in [-0.2, -0.15) is 0 Å². The smallest absolute Gasteiger partial charge is 0.179 e. The van der Waals surface area contributed by atoms with Gasteiger partial charge in [-0.05, 0) is 64.8 Å². The van der Waals surface area contributed by atoms with Crippen LogP contribution in [0.2, 0.25) is 0 Å². The van der Waals surface area contributed by atoms with Gasteiger partial charge in [0.25, 0.3) is 0 Å². The largest absolute Gasteiger partial charge is 0.392 e. The van der Waals surface area contributed by atoms with Crippen molar-refractivity contribution in [1.82, 2.24) is 0 Å². The van der Waals surface area contributed by atoms with Crippen LogP contribution in [0.25, 0.3) is 0 Å². The van der Waals surface area contributed by atoms with Crippen molar-refractivity contribution in [3.05, 3.63) is 63.2 Å². The second-order valence-electron chi connectivity index (χ2n) is 7.59. The van der Waals surface area contributed by atoms with Gasteiger partial charge in [-0.15, -0.1) is 0 Å². The lowest BCUT2D eigenvalue weighted by Crippen LogP contribution is -2.42. The third-order valence-electron chi connectivity index (χ3n) is 5.97. The molecule has 0 saturated carbocycles. The summed E-state index contributed by atoms with van der Waals surface area (Å²) >= 11 is 2.26. The van der Waals surface area contributed by atoms with Crippen molar-refractivity contribution in [2.75, 3.05) is 5.75 Å². The van der Waals surface area contributed by atoms with Gasteiger partial charge in [0.1, 0.15) is 0 Å². The summed E-state index contributed by atoms with van der Waals surface area (Å²) in [6.07, 6.45) is 2.51. The molecule has 0 amide bonds. The first-order valence-electron chi connectivity index (χ1n) is 9.60. The molecule has 5 heteroatoms. The lowest BCUT2D eigenvalue weighted by Gasteiger charge is -2.39. The van der Waals surface area contributed by atoms with E-state index in [1.165, 1.54) is 0 Å². The summed E-state index contributed by atoms with van der Waals surface area (Å²) in [4.78, 5) is 0.374. The molecule has 2 aromatic rings. The lowest BCUT2D eigenvalue weighted by atomic mass is 9.69. The zero-order valence-corrected chi connectivity index (χ0v) is 18.8. The van der Waals surface area contributed by atoms with Gasteiger partial charge in [0.05, 0.1) is 16.8 Å². The Morgan fingerprint density at radius 3 is 2.41 bits per heavy atom. The van der Waals surface area contributed by atoms with Crippen molar-refractivity contribution in [2.45, 2.75) is 56.4 Å². The molecule has 0 spiro atoms. The molecular weight excluding hydrogens is 471 g/mol. The zero-order valence-electron chi connectivity index (χ0n) is 15.9. The first-order valence-corrected chi connectivity index (χ1v) is 12.3.